The first-order chi connectivity index (χ1) is 5.97. The largest absolute Gasteiger partial charge is 0.374 e. The average Bonchev–Trinajstić information content (AvgIpc) is 2.33. The van der Waals surface area contributed by atoms with Gasteiger partial charge in [0, 0.05) is 20.3 Å². The molecular formula is C9H14BrNOS. The monoisotopic (exact) mass is 263 g/mol. The third kappa shape index (κ3) is 4.76. The third-order valence-corrected chi connectivity index (χ3v) is 3.01. The van der Waals surface area contributed by atoms with E-state index in [1.807, 2.05) is 19.2 Å². The van der Waals surface area contributed by atoms with Crippen molar-refractivity contribution in [3.05, 3.63) is 20.8 Å². The van der Waals surface area contributed by atoms with Gasteiger partial charge in [0.1, 0.15) is 0 Å². The number of hydrogen-bond acceptors (Lipinski definition) is 3. The molecule has 2 N–H and O–H groups in total. The summed E-state index contributed by atoms with van der Waals surface area (Å²) in [7, 11) is 0. The van der Waals surface area contributed by atoms with E-state index in [1.165, 1.54) is 4.88 Å². The number of thiophene rings is 1. The molecule has 1 rings (SSSR count). The van der Waals surface area contributed by atoms with Crippen LogP contribution in [0.1, 0.15) is 18.7 Å². The lowest BCUT2D eigenvalue weighted by Crippen LogP contribution is -2.37. The Morgan fingerprint density at radius 2 is 2.31 bits per heavy atom. The van der Waals surface area contributed by atoms with Crippen LogP contribution in [0, 0.1) is 0 Å². The summed E-state index contributed by atoms with van der Waals surface area (Å²) in [6.07, 6.45) is 0. The summed E-state index contributed by atoms with van der Waals surface area (Å²) in [4.78, 5) is 1.22. The predicted octanol–water partition coefficient (Wildman–Crippen LogP) is 2.76. The zero-order valence-electron chi connectivity index (χ0n) is 7.84. The van der Waals surface area contributed by atoms with E-state index in [-0.39, 0.29) is 5.54 Å². The molecule has 0 aromatic carbocycles. The quantitative estimate of drug-likeness (QED) is 0.907. The van der Waals surface area contributed by atoms with Crippen LogP contribution in [0.15, 0.2) is 15.9 Å². The van der Waals surface area contributed by atoms with Gasteiger partial charge in [-0.1, -0.05) is 0 Å². The van der Waals surface area contributed by atoms with Crippen molar-refractivity contribution in [2.24, 2.45) is 5.73 Å². The van der Waals surface area contributed by atoms with Crippen molar-refractivity contribution < 1.29 is 4.74 Å². The van der Waals surface area contributed by atoms with Crippen molar-refractivity contribution in [3.8, 4) is 0 Å². The first-order valence-electron chi connectivity index (χ1n) is 4.07. The first kappa shape index (κ1) is 11.2. The molecule has 0 amide bonds. The number of rotatable bonds is 4. The summed E-state index contributed by atoms with van der Waals surface area (Å²) in [6.45, 7) is 5.15. The molecule has 0 radical (unpaired) electrons. The van der Waals surface area contributed by atoms with Gasteiger partial charge in [0.05, 0.1) is 13.2 Å². The smallest absolute Gasteiger partial charge is 0.0810 e. The van der Waals surface area contributed by atoms with E-state index in [4.69, 9.17) is 10.5 Å². The van der Waals surface area contributed by atoms with Crippen LogP contribution in [-0.4, -0.2) is 12.1 Å². The summed E-state index contributed by atoms with van der Waals surface area (Å²) in [5.41, 5.74) is 5.53. The van der Waals surface area contributed by atoms with Crippen LogP contribution in [-0.2, 0) is 11.3 Å². The van der Waals surface area contributed by atoms with E-state index < -0.39 is 0 Å². The average molecular weight is 264 g/mol. The summed E-state index contributed by atoms with van der Waals surface area (Å²) in [5.74, 6) is 0. The standard InChI is InChI=1S/C9H14BrNOS/c1-9(2,11)6-12-4-8-3-7(10)5-13-8/h3,5H,4,6,11H2,1-2H3. The number of hydrogen-bond donors (Lipinski definition) is 1. The van der Waals surface area contributed by atoms with Crippen LogP contribution in [0.2, 0.25) is 0 Å². The minimum absolute atomic E-state index is 0.242. The highest BCUT2D eigenvalue weighted by Gasteiger charge is 2.10. The van der Waals surface area contributed by atoms with E-state index in [0.29, 0.717) is 13.2 Å². The Morgan fingerprint density at radius 1 is 1.62 bits per heavy atom. The second-order valence-electron chi connectivity index (χ2n) is 3.71. The van der Waals surface area contributed by atoms with Gasteiger partial charge in [0.25, 0.3) is 0 Å². The van der Waals surface area contributed by atoms with E-state index in [1.54, 1.807) is 11.3 Å². The summed E-state index contributed by atoms with van der Waals surface area (Å²) >= 11 is 5.08. The maximum Gasteiger partial charge on any atom is 0.0810 e. The van der Waals surface area contributed by atoms with Gasteiger partial charge in [-0.25, -0.2) is 0 Å². The topological polar surface area (TPSA) is 35.2 Å². The lowest BCUT2D eigenvalue weighted by molar-refractivity contribution is 0.0868. The second-order valence-corrected chi connectivity index (χ2v) is 5.62. The van der Waals surface area contributed by atoms with Gasteiger partial charge < -0.3 is 10.5 Å². The van der Waals surface area contributed by atoms with Crippen molar-refractivity contribution in [3.63, 3.8) is 0 Å². The Morgan fingerprint density at radius 3 is 2.77 bits per heavy atom. The van der Waals surface area contributed by atoms with Crippen LogP contribution in [0.3, 0.4) is 0 Å². The van der Waals surface area contributed by atoms with Crippen molar-refractivity contribution in [2.75, 3.05) is 6.61 Å². The Bertz CT molecular complexity index is 267. The fourth-order valence-electron chi connectivity index (χ4n) is 0.844. The van der Waals surface area contributed by atoms with Crippen LogP contribution in [0.4, 0.5) is 0 Å². The van der Waals surface area contributed by atoms with Crippen LogP contribution < -0.4 is 5.73 Å². The zero-order chi connectivity index (χ0) is 9.90. The molecule has 0 aliphatic carbocycles. The second kappa shape index (κ2) is 4.55. The lowest BCUT2D eigenvalue weighted by atomic mass is 10.1. The molecular weight excluding hydrogens is 250 g/mol. The molecule has 2 nitrogen and oxygen atoms in total. The van der Waals surface area contributed by atoms with Gasteiger partial charge in [0.15, 0.2) is 0 Å². The van der Waals surface area contributed by atoms with Gasteiger partial charge in [0.2, 0.25) is 0 Å². The molecule has 0 unspecified atom stereocenters. The van der Waals surface area contributed by atoms with E-state index in [2.05, 4.69) is 22.0 Å². The third-order valence-electron chi connectivity index (χ3n) is 1.34. The summed E-state index contributed by atoms with van der Waals surface area (Å²) in [5, 5.41) is 2.05. The fourth-order valence-corrected chi connectivity index (χ4v) is 2.23. The number of ether oxygens (including phenoxy) is 1. The minimum atomic E-state index is -0.242. The Labute approximate surface area is 91.2 Å². The molecule has 74 valence electrons. The van der Waals surface area contributed by atoms with Gasteiger partial charge in [-0.2, -0.15) is 0 Å². The van der Waals surface area contributed by atoms with Crippen LogP contribution >= 0.6 is 27.3 Å². The molecule has 1 aromatic heterocycles. The van der Waals surface area contributed by atoms with Crippen LogP contribution in [0.25, 0.3) is 0 Å². The maximum atomic E-state index is 5.77. The first-order valence-corrected chi connectivity index (χ1v) is 5.74. The van der Waals surface area contributed by atoms with Crippen LogP contribution in [0.5, 0.6) is 0 Å². The van der Waals surface area contributed by atoms with Gasteiger partial charge >= 0.3 is 0 Å². The molecule has 0 aliphatic heterocycles. The molecule has 4 heteroatoms. The molecule has 0 bridgehead atoms. The predicted molar refractivity (Wildman–Crippen MR) is 59.9 cm³/mol. The summed E-state index contributed by atoms with van der Waals surface area (Å²) < 4.78 is 6.58. The van der Waals surface area contributed by atoms with Crippen molar-refractivity contribution in [1.29, 1.82) is 0 Å². The summed E-state index contributed by atoms with van der Waals surface area (Å²) in [6, 6.07) is 2.06. The van der Waals surface area contributed by atoms with Crippen molar-refractivity contribution in [1.82, 2.24) is 0 Å². The molecule has 1 heterocycles. The van der Waals surface area contributed by atoms with Gasteiger partial charge in [-0.15, -0.1) is 11.3 Å². The molecule has 0 saturated carbocycles. The Kier molecular flexibility index (Phi) is 3.91. The van der Waals surface area contributed by atoms with Gasteiger partial charge in [-0.3, -0.25) is 0 Å². The molecule has 0 spiro atoms. The van der Waals surface area contributed by atoms with Gasteiger partial charge in [-0.05, 0) is 35.8 Å². The maximum absolute atomic E-state index is 5.77. The van der Waals surface area contributed by atoms with E-state index in [0.717, 1.165) is 4.47 Å². The fraction of sp³-hybridized carbons (Fsp3) is 0.556. The highest BCUT2D eigenvalue weighted by molar-refractivity contribution is 9.10. The highest BCUT2D eigenvalue weighted by Crippen LogP contribution is 2.20. The van der Waals surface area contributed by atoms with E-state index >= 15 is 0 Å². The molecule has 13 heavy (non-hydrogen) atoms. The number of nitrogens with two attached hydrogens (primary N) is 1. The zero-order valence-corrected chi connectivity index (χ0v) is 10.2. The lowest BCUT2D eigenvalue weighted by Gasteiger charge is -2.17. The van der Waals surface area contributed by atoms with E-state index in [9.17, 15) is 0 Å². The molecule has 0 saturated heterocycles. The highest BCUT2D eigenvalue weighted by atomic mass is 79.9. The Hall–Kier alpha value is 0.1000. The molecule has 0 atom stereocenters. The minimum Gasteiger partial charge on any atom is -0.374 e. The SMILES string of the molecule is CC(C)(N)COCc1cc(Br)cs1. The molecule has 0 fully saturated rings. The Balaban J connectivity index is 2.28. The normalized spacial score (nSPS) is 12.0. The molecule has 0 aliphatic rings. The molecule has 1 aromatic rings. The van der Waals surface area contributed by atoms with Crippen molar-refractivity contribution >= 4 is 27.3 Å². The van der Waals surface area contributed by atoms with Crippen molar-refractivity contribution in [2.45, 2.75) is 26.0 Å². The number of halogens is 1.